The number of hydrogen-bond acceptors (Lipinski definition) is 22. The summed E-state index contributed by atoms with van der Waals surface area (Å²) in [6.45, 7) is 0. The van der Waals surface area contributed by atoms with Crippen LogP contribution in [0.15, 0.2) is 219 Å². The van der Waals surface area contributed by atoms with Gasteiger partial charge in [0.2, 0.25) is 0 Å². The van der Waals surface area contributed by atoms with Crippen molar-refractivity contribution >= 4 is 195 Å². The van der Waals surface area contributed by atoms with Crippen LogP contribution in [-0.2, 0) is 39.4 Å². The number of nitrogens with one attached hydrogen (secondary N) is 6. The Morgan fingerprint density at radius 3 is 1.15 bits per heavy atom. The molecule has 8 N–H and O–H groups in total. The van der Waals surface area contributed by atoms with Gasteiger partial charge >= 0.3 is 18.1 Å². The molecule has 39 heteroatoms. The van der Waals surface area contributed by atoms with Gasteiger partial charge in [0.1, 0.15) is 37.4 Å². The molecule has 0 bridgehead atoms. The van der Waals surface area contributed by atoms with Crippen LogP contribution in [0.4, 0.5) is 35.8 Å². The van der Waals surface area contributed by atoms with Crippen LogP contribution in [0, 0.1) is 5.82 Å². The fraction of sp³-hybridized carbons (Fsp3) is 0. The van der Waals surface area contributed by atoms with Gasteiger partial charge in [-0.1, -0.05) is 50.7 Å². The Labute approximate surface area is 579 Å². The molecule has 0 aliphatic carbocycles. The lowest BCUT2D eigenvalue weighted by atomic mass is 10.2. The lowest BCUT2D eigenvalue weighted by molar-refractivity contribution is -0.195. The van der Waals surface area contributed by atoms with Crippen molar-refractivity contribution in [2.75, 3.05) is 16.0 Å². The third-order valence-corrected chi connectivity index (χ3v) is 22.9. The maximum absolute atomic E-state index is 13.5. The van der Waals surface area contributed by atoms with Crippen LogP contribution in [0.25, 0.3) is 49.8 Å². The summed E-state index contributed by atoms with van der Waals surface area (Å²) in [6, 6.07) is 37.7. The van der Waals surface area contributed by atoms with Gasteiger partial charge in [0.05, 0.1) is 74.8 Å². The number of amides is 6. The SMILES string of the molecule is NOOSc1ccc2ncn(-c3ccc(NC(=O)NS(=O)(=O)c4ccc(Cl)s4)cc3)c(=O)c2c1.O=C(Nc1ccc(-n2cnc3ccc(Br)cc3c2=O)cc1)NS(=O)(=O)c1ccc(Cl)s1.O=C(Nc1ccc(-n2cnc3ccc(F)cc3c2=O)cc1)NS(=O)(=O)c1ccc(Cl)s1. The highest BCUT2D eigenvalue weighted by Gasteiger charge is 2.23. The molecule has 27 nitrogen and oxygen atoms in total. The lowest BCUT2D eigenvalue weighted by Crippen LogP contribution is -2.33. The molecule has 6 amide bonds. The Bertz CT molecular complexity index is 5310. The van der Waals surface area contributed by atoms with Crippen LogP contribution in [0.5, 0.6) is 0 Å². The molecule has 492 valence electrons. The summed E-state index contributed by atoms with van der Waals surface area (Å²) in [7, 11) is -12.1. The van der Waals surface area contributed by atoms with Crippen molar-refractivity contribution in [2.45, 2.75) is 17.5 Å². The first-order valence-corrected chi connectivity index (χ1v) is 35.9. The molecule has 0 aliphatic heterocycles. The molecule has 0 unspecified atom stereocenters. The largest absolute Gasteiger partial charge is 0.333 e. The first kappa shape index (κ1) is 69.8. The van der Waals surface area contributed by atoms with E-state index in [-0.39, 0.29) is 43.5 Å². The average molecular weight is 1560 g/mol. The molecule has 96 heavy (non-hydrogen) atoms. The third-order valence-electron chi connectivity index (χ3n) is 12.7. The van der Waals surface area contributed by atoms with Crippen LogP contribution in [0.3, 0.4) is 0 Å². The molecule has 0 saturated heterocycles. The Hall–Kier alpha value is -8.99. The van der Waals surface area contributed by atoms with Crippen molar-refractivity contribution in [2.24, 2.45) is 5.90 Å². The average Bonchev–Trinajstić information content (AvgIpc) is 1.11. The molecule has 0 spiro atoms. The Kier molecular flexibility index (Phi) is 21.8. The highest BCUT2D eigenvalue weighted by Crippen LogP contribution is 2.29. The summed E-state index contributed by atoms with van der Waals surface area (Å²) in [5.74, 6) is 4.29. The zero-order valence-corrected chi connectivity index (χ0v) is 57.1. The fourth-order valence-electron chi connectivity index (χ4n) is 8.38. The van der Waals surface area contributed by atoms with E-state index in [0.717, 1.165) is 56.6 Å². The predicted octanol–water partition coefficient (Wildman–Crippen LogP) is 11.6. The van der Waals surface area contributed by atoms with Crippen molar-refractivity contribution in [3.05, 3.63) is 237 Å². The number of hydrogen-bond donors (Lipinski definition) is 7. The number of fused-ring (bicyclic) bond motifs is 3. The molecule has 6 aromatic heterocycles. The van der Waals surface area contributed by atoms with E-state index in [4.69, 9.17) is 40.7 Å². The Balaban J connectivity index is 0.000000157. The Morgan fingerprint density at radius 2 is 0.802 bits per heavy atom. The number of halogens is 5. The second kappa shape index (κ2) is 30.0. The van der Waals surface area contributed by atoms with Crippen molar-refractivity contribution in [1.29, 1.82) is 0 Å². The predicted molar refractivity (Wildman–Crippen MR) is 368 cm³/mol. The molecular weight excluding hydrogens is 1520 g/mol. The number of anilines is 3. The summed E-state index contributed by atoms with van der Waals surface area (Å²) >= 11 is 23.9. The van der Waals surface area contributed by atoms with Crippen molar-refractivity contribution in [3.8, 4) is 17.1 Å². The van der Waals surface area contributed by atoms with Crippen LogP contribution in [0.1, 0.15) is 0 Å². The van der Waals surface area contributed by atoms with Gasteiger partial charge in [-0.05, 0) is 164 Å². The first-order chi connectivity index (χ1) is 45.7. The number of carbonyl (C=O) groups excluding carboxylic acids is 3. The van der Waals surface area contributed by atoms with Gasteiger partial charge in [-0.3, -0.25) is 28.1 Å². The minimum absolute atomic E-state index is 0.0715. The first-order valence-electron chi connectivity index (χ1n) is 26.4. The molecular formula is C57H38BrCl3FN13O14S7. The van der Waals surface area contributed by atoms with Gasteiger partial charge in [0, 0.05) is 26.4 Å². The number of thiophene rings is 3. The number of urea groups is 3. The molecule has 0 atom stereocenters. The maximum Gasteiger partial charge on any atom is 0.333 e. The molecule has 12 aromatic rings. The van der Waals surface area contributed by atoms with E-state index in [1.165, 1.54) is 118 Å². The summed E-state index contributed by atoms with van der Waals surface area (Å²) < 4.78 is 102. The molecule has 0 radical (unpaired) electrons. The highest BCUT2D eigenvalue weighted by molar-refractivity contribution is 9.10. The number of sulfonamides is 3. The van der Waals surface area contributed by atoms with Crippen LogP contribution >= 0.6 is 96.8 Å². The standard InChI is InChI=1S/C19H12BrClN4O4S2.C19H12ClFN4O4S2.C19H14ClN5O6S3/c20-11-1-6-15-14(9-11)18(26)25(10-22-15)13-4-2-12(3-5-13)23-19(27)24-31(28,29)17-8-7-16(21)30-17;20-16-7-8-17(30-16)31(28,29)24-19(27)23-12-2-4-13(5-3-12)25-10-22-15-6-1-11(21)9-14(15)18(25)26;20-16-7-8-17(32-16)34(28,29)24-19(27)23-11-1-3-12(4-2-11)25-10-22-15-6-5-13(33-31-30-21)9-14(15)18(25)26/h2*1-10H,(H2,23,24,27);1-10H,21H2,(H2,23,24,27). The van der Waals surface area contributed by atoms with Gasteiger partial charge < -0.3 is 16.0 Å². The van der Waals surface area contributed by atoms with Crippen molar-refractivity contribution < 1.29 is 53.3 Å². The third kappa shape index (κ3) is 17.2. The summed E-state index contributed by atoms with van der Waals surface area (Å²) in [5.41, 5.74) is 2.77. The van der Waals surface area contributed by atoms with Gasteiger partial charge in [0.25, 0.3) is 46.7 Å². The van der Waals surface area contributed by atoms with Crippen molar-refractivity contribution in [1.82, 2.24) is 42.8 Å². The minimum Gasteiger partial charge on any atom is -0.307 e. The van der Waals surface area contributed by atoms with Crippen LogP contribution < -0.4 is 52.7 Å². The second-order valence-corrected chi connectivity index (χ2v) is 31.6. The Morgan fingerprint density at radius 1 is 0.469 bits per heavy atom. The van der Waals surface area contributed by atoms with Gasteiger partial charge in [0.15, 0.2) is 0 Å². The fourth-order valence-corrected chi connectivity index (χ4v) is 16.3. The number of nitrogens with two attached hydrogens (primary N) is 1. The van der Waals surface area contributed by atoms with Gasteiger partial charge in [-0.25, -0.2) is 73.1 Å². The van der Waals surface area contributed by atoms with Gasteiger partial charge in [-0.15, -0.1) is 43.3 Å². The van der Waals surface area contributed by atoms with Gasteiger partial charge in [-0.2, -0.15) is 5.90 Å². The van der Waals surface area contributed by atoms with E-state index in [1.54, 1.807) is 72.8 Å². The second-order valence-electron chi connectivity index (χ2n) is 19.0. The number of carbonyl (C=O) groups is 3. The number of nitrogens with zero attached hydrogens (tertiary/aromatic N) is 6. The number of aromatic nitrogens is 6. The maximum atomic E-state index is 13.5. The monoisotopic (exact) mass is 1550 g/mol. The van der Waals surface area contributed by atoms with E-state index >= 15 is 0 Å². The molecule has 0 aliphatic rings. The number of benzene rings is 6. The zero-order chi connectivity index (χ0) is 68.6. The summed E-state index contributed by atoms with van der Waals surface area (Å²) in [6.07, 6.45) is 4.12. The quantitative estimate of drug-likeness (QED) is 0.0285. The molecule has 0 saturated carbocycles. The smallest absolute Gasteiger partial charge is 0.307 e. The van der Waals surface area contributed by atoms with E-state index in [9.17, 15) is 58.4 Å². The normalized spacial score (nSPS) is 11.4. The van der Waals surface area contributed by atoms with E-state index in [2.05, 4.69) is 56.2 Å². The zero-order valence-electron chi connectivity index (χ0n) is 47.5. The van der Waals surface area contributed by atoms with E-state index in [1.807, 2.05) is 14.2 Å². The molecule has 6 aromatic carbocycles. The highest BCUT2D eigenvalue weighted by atomic mass is 79.9. The molecule has 12 rings (SSSR count). The molecule has 6 heterocycles. The number of rotatable bonds is 15. The summed E-state index contributed by atoms with van der Waals surface area (Å²) in [5, 5.41) is 8.18. The van der Waals surface area contributed by atoms with E-state index < -0.39 is 59.5 Å². The summed E-state index contributed by atoms with van der Waals surface area (Å²) in [4.78, 5) is 92.1. The van der Waals surface area contributed by atoms with Crippen LogP contribution in [0.2, 0.25) is 13.0 Å². The molecule has 0 fully saturated rings. The topological polar surface area (TPSA) is 375 Å². The van der Waals surface area contributed by atoms with Crippen LogP contribution in [-0.4, -0.2) is 72.0 Å². The van der Waals surface area contributed by atoms with Crippen molar-refractivity contribution in [3.63, 3.8) is 0 Å². The van der Waals surface area contributed by atoms with E-state index in [0.29, 0.717) is 65.0 Å². The lowest BCUT2D eigenvalue weighted by Gasteiger charge is -2.10. The minimum atomic E-state index is -4.05.